The number of para-hydroxylation sites is 5. The smallest absolute Gasteiger partial charge is 0.159 e. The van der Waals surface area contributed by atoms with Gasteiger partial charge in [-0.15, -0.1) is 0 Å². The largest absolute Gasteiger partial charge is 0.358 e. The number of nitrogens with one attached hydrogen (secondary N) is 1. The number of anilines is 3. The molecular weight excluding hydrogens is 695 g/mol. The third kappa shape index (κ3) is 4.85. The van der Waals surface area contributed by atoms with E-state index in [0.29, 0.717) is 0 Å². The summed E-state index contributed by atoms with van der Waals surface area (Å²) < 4.78 is 4.86. The molecule has 0 amide bonds. The minimum Gasteiger partial charge on any atom is -0.358 e. The molecule has 12 rings (SSSR count). The highest BCUT2D eigenvalue weighted by molar-refractivity contribution is 6.10. The van der Waals surface area contributed by atoms with E-state index in [1.807, 2.05) is 6.20 Å². The van der Waals surface area contributed by atoms with Crippen molar-refractivity contribution in [1.82, 2.24) is 14.1 Å². The molecule has 1 aliphatic rings. The fraction of sp³-hybridized carbons (Fsp3) is 0.0192. The quantitative estimate of drug-likeness (QED) is 0.192. The zero-order valence-electron chi connectivity index (χ0n) is 30.9. The Kier molecular flexibility index (Phi) is 6.92. The predicted octanol–water partition coefficient (Wildman–Crippen LogP) is 13.4. The summed E-state index contributed by atoms with van der Waals surface area (Å²) in [6, 6.07) is 70.1. The van der Waals surface area contributed by atoms with Crippen LogP contribution in [0, 0.1) is 0 Å². The Morgan fingerprint density at radius 2 is 0.930 bits per heavy atom. The summed E-state index contributed by atoms with van der Waals surface area (Å²) in [6.07, 6.45) is 1.68. The summed E-state index contributed by atoms with van der Waals surface area (Å²) in [5.41, 5.74) is 12.4. The number of nitrogens with zero attached hydrogens (tertiary/aromatic N) is 4. The van der Waals surface area contributed by atoms with E-state index in [4.69, 9.17) is 4.98 Å². The first-order valence-electron chi connectivity index (χ1n) is 19.5. The first-order valence-corrected chi connectivity index (χ1v) is 19.5. The van der Waals surface area contributed by atoms with Gasteiger partial charge in [0.25, 0.3) is 0 Å². The molecule has 3 aromatic heterocycles. The van der Waals surface area contributed by atoms with Crippen LogP contribution >= 0.6 is 0 Å². The van der Waals surface area contributed by atoms with Gasteiger partial charge in [0, 0.05) is 50.4 Å². The van der Waals surface area contributed by atoms with Gasteiger partial charge in [-0.05, 0) is 88.6 Å². The maximum atomic E-state index is 5.10. The van der Waals surface area contributed by atoms with Crippen molar-refractivity contribution in [2.45, 2.75) is 6.17 Å². The molecule has 8 aromatic carbocycles. The zero-order valence-corrected chi connectivity index (χ0v) is 30.9. The van der Waals surface area contributed by atoms with E-state index in [1.165, 1.54) is 54.4 Å². The van der Waals surface area contributed by atoms with Crippen LogP contribution in [0.4, 0.5) is 17.2 Å². The number of hydrogen-bond acceptors (Lipinski definition) is 3. The van der Waals surface area contributed by atoms with E-state index in [1.54, 1.807) is 0 Å². The van der Waals surface area contributed by atoms with Crippen molar-refractivity contribution >= 4 is 71.6 Å². The van der Waals surface area contributed by atoms with E-state index >= 15 is 0 Å². The normalized spacial score (nSPS) is 13.9. The number of benzene rings is 8. The number of hydrogen-bond donors (Lipinski definition) is 1. The van der Waals surface area contributed by atoms with E-state index in [-0.39, 0.29) is 6.17 Å². The fourth-order valence-electron chi connectivity index (χ4n) is 9.22. The highest BCUT2D eigenvalue weighted by Gasteiger charge is 2.35. The molecule has 4 heterocycles. The lowest BCUT2D eigenvalue weighted by Crippen LogP contribution is -2.24. The van der Waals surface area contributed by atoms with Crippen LogP contribution in [0.2, 0.25) is 0 Å². The van der Waals surface area contributed by atoms with E-state index in [2.05, 4.69) is 213 Å². The first kappa shape index (κ1) is 31.7. The number of pyridine rings is 1. The predicted molar refractivity (Wildman–Crippen MR) is 237 cm³/mol. The van der Waals surface area contributed by atoms with Crippen LogP contribution in [0.5, 0.6) is 0 Å². The number of rotatable bonds is 5. The first-order chi connectivity index (χ1) is 28.3. The second-order valence-corrected chi connectivity index (χ2v) is 14.9. The Morgan fingerprint density at radius 1 is 0.421 bits per heavy atom. The Balaban J connectivity index is 1.13. The second kappa shape index (κ2) is 12.4. The molecule has 1 N–H and O–H groups in total. The molecule has 0 saturated heterocycles. The molecule has 1 unspecified atom stereocenters. The van der Waals surface area contributed by atoms with Crippen LogP contribution in [-0.4, -0.2) is 14.1 Å². The monoisotopic (exact) mass is 729 g/mol. The molecule has 11 aromatic rings. The molecule has 268 valence electrons. The molecule has 5 heteroatoms. The summed E-state index contributed by atoms with van der Waals surface area (Å²) in [5, 5.41) is 11.4. The van der Waals surface area contributed by atoms with Crippen LogP contribution in [0.1, 0.15) is 11.7 Å². The lowest BCUT2D eigenvalue weighted by atomic mass is 10.0. The summed E-state index contributed by atoms with van der Waals surface area (Å²) in [6.45, 7) is 0. The lowest BCUT2D eigenvalue weighted by molar-refractivity contribution is 0.817. The average molecular weight is 730 g/mol. The van der Waals surface area contributed by atoms with E-state index < -0.39 is 0 Å². The van der Waals surface area contributed by atoms with Crippen molar-refractivity contribution in [2.75, 3.05) is 10.2 Å². The SMILES string of the molecule is c1ccc(N2c3nccc(-c4ccc5ccccc5c4)c3NC2c2cc(-n3c4ccccc4c4ccccc43)cc(-n3c4ccccc4c4ccccc43)c2)cc1. The molecule has 1 aliphatic heterocycles. The fourth-order valence-corrected chi connectivity index (χ4v) is 9.22. The van der Waals surface area contributed by atoms with Crippen molar-refractivity contribution < 1.29 is 0 Å². The van der Waals surface area contributed by atoms with Gasteiger partial charge in [-0.25, -0.2) is 4.98 Å². The van der Waals surface area contributed by atoms with Gasteiger partial charge in [0.05, 0.1) is 27.8 Å². The van der Waals surface area contributed by atoms with Crippen LogP contribution < -0.4 is 10.2 Å². The third-order valence-electron chi connectivity index (χ3n) is 11.7. The molecule has 0 spiro atoms. The molecule has 0 radical (unpaired) electrons. The van der Waals surface area contributed by atoms with Crippen molar-refractivity contribution in [1.29, 1.82) is 0 Å². The van der Waals surface area contributed by atoms with Gasteiger partial charge >= 0.3 is 0 Å². The molecule has 0 fully saturated rings. The van der Waals surface area contributed by atoms with Gasteiger partial charge in [-0.2, -0.15) is 0 Å². The molecule has 57 heavy (non-hydrogen) atoms. The summed E-state index contributed by atoms with van der Waals surface area (Å²) >= 11 is 0. The van der Waals surface area contributed by atoms with Gasteiger partial charge in [0.1, 0.15) is 6.17 Å². The summed E-state index contributed by atoms with van der Waals surface area (Å²) in [4.78, 5) is 7.46. The highest BCUT2D eigenvalue weighted by Crippen LogP contribution is 2.50. The average Bonchev–Trinajstić information content (AvgIpc) is 3.95. The molecular formula is C52H35N5. The zero-order chi connectivity index (χ0) is 37.5. The lowest BCUT2D eigenvalue weighted by Gasteiger charge is -2.28. The van der Waals surface area contributed by atoms with Crippen molar-refractivity contribution in [3.05, 3.63) is 206 Å². The number of fused-ring (bicyclic) bond motifs is 8. The number of aromatic nitrogens is 3. The van der Waals surface area contributed by atoms with Crippen LogP contribution in [-0.2, 0) is 0 Å². The maximum absolute atomic E-state index is 5.10. The molecule has 1 atom stereocenters. The highest BCUT2D eigenvalue weighted by atomic mass is 15.4. The Hall–Kier alpha value is -7.63. The summed E-state index contributed by atoms with van der Waals surface area (Å²) in [7, 11) is 0. The topological polar surface area (TPSA) is 38.0 Å². The second-order valence-electron chi connectivity index (χ2n) is 14.9. The van der Waals surface area contributed by atoms with Crippen molar-refractivity contribution in [3.63, 3.8) is 0 Å². The third-order valence-corrected chi connectivity index (χ3v) is 11.7. The van der Waals surface area contributed by atoms with Gasteiger partial charge in [-0.3, -0.25) is 4.90 Å². The Bertz CT molecular complexity index is 3120. The van der Waals surface area contributed by atoms with E-state index in [0.717, 1.165) is 45.3 Å². The molecule has 5 nitrogen and oxygen atoms in total. The van der Waals surface area contributed by atoms with Gasteiger partial charge in [-0.1, -0.05) is 127 Å². The van der Waals surface area contributed by atoms with Crippen LogP contribution in [0.25, 0.3) is 76.9 Å². The Labute approximate surface area is 329 Å². The van der Waals surface area contributed by atoms with Gasteiger partial charge < -0.3 is 14.5 Å². The van der Waals surface area contributed by atoms with E-state index in [9.17, 15) is 0 Å². The minimum absolute atomic E-state index is 0.267. The molecule has 0 saturated carbocycles. The molecule has 0 aliphatic carbocycles. The van der Waals surface area contributed by atoms with Crippen LogP contribution in [0.3, 0.4) is 0 Å². The Morgan fingerprint density at radius 3 is 1.51 bits per heavy atom. The van der Waals surface area contributed by atoms with Crippen molar-refractivity contribution in [3.8, 4) is 22.5 Å². The van der Waals surface area contributed by atoms with Gasteiger partial charge in [0.15, 0.2) is 5.82 Å². The standard InChI is InChI=1S/C52H35N5/c1-2-16-38(17-3-1)57-51(54-50-41(28-29-53-52(50)57)36-27-26-34-14-4-5-15-35(34)30-36)37-31-39(55-46-22-10-6-18-42(46)43-19-7-11-23-47(43)55)33-40(32-37)56-48-24-12-8-20-44(48)45-21-9-13-25-49(45)56/h1-33,51,54H. The van der Waals surface area contributed by atoms with Crippen LogP contribution in [0.15, 0.2) is 200 Å². The summed E-state index contributed by atoms with van der Waals surface area (Å²) in [5.74, 6) is 0.900. The van der Waals surface area contributed by atoms with Gasteiger partial charge in [0.2, 0.25) is 0 Å². The minimum atomic E-state index is -0.267. The molecule has 0 bridgehead atoms. The maximum Gasteiger partial charge on any atom is 0.159 e. The van der Waals surface area contributed by atoms with Crippen molar-refractivity contribution in [2.24, 2.45) is 0 Å².